The average molecular weight is 741 g/mol. The Hall–Kier alpha value is -6.33. The summed E-state index contributed by atoms with van der Waals surface area (Å²) in [5.41, 5.74) is 0.269. The maximum Gasteiger partial charge on any atom is 2.00 e. The number of hydrogen-bond acceptors (Lipinski definition) is 16. The minimum atomic E-state index is -1.96. The first kappa shape index (κ1) is 39.5. The summed E-state index contributed by atoms with van der Waals surface area (Å²) in [6, 6.07) is 12.7. The molecule has 0 spiro atoms. The van der Waals surface area contributed by atoms with Gasteiger partial charge in [-0.25, -0.2) is 4.79 Å². The quantitative estimate of drug-likeness (QED) is 0.0444. The number of carboxylic acid groups (broad SMARTS) is 2. The van der Waals surface area contributed by atoms with Crippen LogP contribution in [0, 0.1) is 0 Å². The number of carbonyl (C=O) groups excluding carboxylic acids is 4. The summed E-state index contributed by atoms with van der Waals surface area (Å²) in [6.07, 6.45) is -4.31. The molecule has 0 fully saturated rings. The van der Waals surface area contributed by atoms with Crippen LogP contribution in [-0.4, -0.2) is 94.9 Å². The third-order valence-corrected chi connectivity index (χ3v) is 8.01. The fraction of sp³-hybridized carbons (Fsp3) is 0.167. The van der Waals surface area contributed by atoms with E-state index in [1.807, 2.05) is 0 Å². The Morgan fingerprint density at radius 3 is 1.66 bits per heavy atom. The molecule has 1 aliphatic heterocycles. The number of aromatic hydroxyl groups is 7. The maximum atomic E-state index is 13.9. The molecule has 4 aromatic rings. The molecule has 0 saturated heterocycles. The summed E-state index contributed by atoms with van der Waals surface area (Å²) < 4.78 is 16.3. The van der Waals surface area contributed by atoms with Gasteiger partial charge in [0.2, 0.25) is 0 Å². The Labute approximate surface area is 315 Å². The van der Waals surface area contributed by atoms with Crippen molar-refractivity contribution in [2.45, 2.75) is 37.1 Å². The Bertz CT molecular complexity index is 2090. The van der Waals surface area contributed by atoms with Crippen LogP contribution >= 0.6 is 0 Å². The molecule has 16 nitrogen and oxygen atoms in total. The number of carbonyl (C=O) groups is 4. The largest absolute Gasteiger partial charge is 2.00 e. The molecule has 270 valence electrons. The molecule has 4 aromatic carbocycles. The van der Waals surface area contributed by atoms with Crippen LogP contribution < -0.4 is 14.9 Å². The number of aliphatic carboxylic acids is 2. The smallest absolute Gasteiger partial charge is 0.546 e. The Morgan fingerprint density at radius 1 is 0.660 bits per heavy atom. The minimum absolute atomic E-state index is 0. The van der Waals surface area contributed by atoms with E-state index in [0.717, 1.165) is 54.6 Å². The van der Waals surface area contributed by atoms with Gasteiger partial charge in [-0.2, -0.15) is 0 Å². The molecular weight excluding hydrogens is 713 g/mol. The Kier molecular flexibility index (Phi) is 12.2. The van der Waals surface area contributed by atoms with E-state index in [2.05, 4.69) is 0 Å². The van der Waals surface area contributed by atoms with Gasteiger partial charge < -0.3 is 69.8 Å². The van der Waals surface area contributed by atoms with Gasteiger partial charge in [0.05, 0.1) is 11.9 Å². The van der Waals surface area contributed by atoms with E-state index in [9.17, 15) is 65.1 Å². The van der Waals surface area contributed by atoms with Crippen molar-refractivity contribution < 1.29 is 79.3 Å². The molecule has 0 radical (unpaired) electrons. The van der Waals surface area contributed by atoms with Gasteiger partial charge in [0.25, 0.3) is 0 Å². The zero-order chi connectivity index (χ0) is 37.9. The maximum absolute atomic E-state index is 13.9. The zero-order valence-electron chi connectivity index (χ0n) is 27.2. The topological polar surface area (TPSA) is 284 Å². The first-order valence-corrected chi connectivity index (χ1v) is 15.2. The van der Waals surface area contributed by atoms with Crippen LogP contribution in [0.2, 0.25) is 0 Å². The third kappa shape index (κ3) is 8.94. The standard InChI is InChI=1S/C36H30O16.Mg/c37-20-6-1-16(11-24(20)41)13-27(34(45)46)50-29(44)10-5-18-3-9-23(40)33-30(18)31(32(52-33)19-4-8-22(39)26(43)15-19)36(49)51-28(35(47)48)14-17-2-7-21(38)25(42)12-17;/h1-12,15,27-28,31-32,37-43H,13-14H2,(H,45,46)(H,47,48);/q;+2/p-2/b10-5-;/t27-,28+,31+,32+;/m1./s1. The first-order chi connectivity index (χ1) is 24.6. The number of rotatable bonds is 12. The van der Waals surface area contributed by atoms with Crippen LogP contribution in [0.1, 0.15) is 39.8 Å². The first-order valence-electron chi connectivity index (χ1n) is 15.2. The molecule has 5 rings (SSSR count). The number of hydrogen-bond donors (Lipinski definition) is 7. The molecule has 0 saturated carbocycles. The van der Waals surface area contributed by atoms with Crippen molar-refractivity contribution in [3.05, 3.63) is 101 Å². The van der Waals surface area contributed by atoms with Gasteiger partial charge >= 0.3 is 35.0 Å². The Balaban J connectivity index is 0.00000627. The number of carboxylic acids is 2. The van der Waals surface area contributed by atoms with E-state index < -0.39 is 101 Å². The number of benzene rings is 4. The fourth-order valence-electron chi connectivity index (χ4n) is 5.48. The van der Waals surface area contributed by atoms with Gasteiger partial charge in [-0.1, -0.05) is 24.3 Å². The third-order valence-electron chi connectivity index (χ3n) is 8.01. The van der Waals surface area contributed by atoms with Crippen LogP contribution in [-0.2, 0) is 41.5 Å². The monoisotopic (exact) mass is 740 g/mol. The number of phenolic OH excluding ortho intramolecular Hbond substituents is 7. The van der Waals surface area contributed by atoms with E-state index >= 15 is 0 Å². The molecule has 4 atom stereocenters. The predicted molar refractivity (Wildman–Crippen MR) is 176 cm³/mol. The van der Waals surface area contributed by atoms with E-state index in [1.54, 1.807) is 0 Å². The van der Waals surface area contributed by atoms with Gasteiger partial charge in [0, 0.05) is 24.5 Å². The van der Waals surface area contributed by atoms with Crippen molar-refractivity contribution in [2.24, 2.45) is 0 Å². The molecule has 0 unspecified atom stereocenters. The van der Waals surface area contributed by atoms with Crippen LogP contribution in [0.3, 0.4) is 0 Å². The van der Waals surface area contributed by atoms with Crippen molar-refractivity contribution in [3.8, 4) is 46.0 Å². The summed E-state index contributed by atoms with van der Waals surface area (Å²) >= 11 is 0. The summed E-state index contributed by atoms with van der Waals surface area (Å²) in [7, 11) is 0. The normalized spacial score (nSPS) is 15.7. The van der Waals surface area contributed by atoms with E-state index in [4.69, 9.17) is 14.2 Å². The molecule has 17 heteroatoms. The van der Waals surface area contributed by atoms with Crippen LogP contribution in [0.4, 0.5) is 0 Å². The summed E-state index contributed by atoms with van der Waals surface area (Å²) in [5.74, 6) is -11.6. The second-order valence-corrected chi connectivity index (χ2v) is 11.6. The van der Waals surface area contributed by atoms with Crippen molar-refractivity contribution >= 4 is 53.0 Å². The van der Waals surface area contributed by atoms with E-state index in [1.165, 1.54) is 24.3 Å². The predicted octanol–water partition coefficient (Wildman–Crippen LogP) is 0.284. The number of phenols is 7. The molecule has 1 aliphatic rings. The van der Waals surface area contributed by atoms with Gasteiger partial charge in [-0.05, 0) is 70.8 Å². The van der Waals surface area contributed by atoms with Crippen LogP contribution in [0.5, 0.6) is 46.0 Å². The molecule has 0 aromatic heterocycles. The summed E-state index contributed by atoms with van der Waals surface area (Å²) in [4.78, 5) is 50.6. The number of esters is 2. The summed E-state index contributed by atoms with van der Waals surface area (Å²) in [6.45, 7) is 0. The molecule has 0 aliphatic carbocycles. The van der Waals surface area contributed by atoms with Crippen molar-refractivity contribution in [2.75, 3.05) is 0 Å². The van der Waals surface area contributed by atoms with Crippen molar-refractivity contribution in [1.29, 1.82) is 0 Å². The van der Waals surface area contributed by atoms with Crippen molar-refractivity contribution in [3.63, 3.8) is 0 Å². The summed E-state index contributed by atoms with van der Waals surface area (Å²) in [5, 5.41) is 93.3. The number of ether oxygens (including phenoxy) is 3. The SMILES string of the molecule is O=C(/C=C\c1ccc(O)c2c1[C@H](C(=O)O[C@@H](Cc1ccc(O)c(O)c1)C(=O)[O-])[C@H](c1ccc(O)c(O)c1)O2)O[C@H](Cc1ccc(O)c(O)c1)C(=O)[O-].[Mg+2]. The molecule has 1 heterocycles. The molecule has 0 bridgehead atoms. The van der Waals surface area contributed by atoms with E-state index in [-0.39, 0.29) is 56.6 Å². The van der Waals surface area contributed by atoms with Crippen molar-refractivity contribution in [1.82, 2.24) is 0 Å². The number of fused-ring (bicyclic) bond motifs is 1. The van der Waals surface area contributed by atoms with Crippen LogP contribution in [0.25, 0.3) is 6.08 Å². The minimum Gasteiger partial charge on any atom is -0.546 e. The molecule has 53 heavy (non-hydrogen) atoms. The van der Waals surface area contributed by atoms with Gasteiger partial charge in [0.15, 0.2) is 46.0 Å². The molecular formula is C36H28MgO16. The Morgan fingerprint density at radius 2 is 1.15 bits per heavy atom. The molecule has 7 N–H and O–H groups in total. The molecule has 0 amide bonds. The van der Waals surface area contributed by atoms with Gasteiger partial charge in [-0.3, -0.25) is 4.79 Å². The average Bonchev–Trinajstić information content (AvgIpc) is 3.50. The van der Waals surface area contributed by atoms with E-state index in [0.29, 0.717) is 0 Å². The van der Waals surface area contributed by atoms with Gasteiger partial charge in [-0.15, -0.1) is 0 Å². The second kappa shape index (κ2) is 16.3. The zero-order valence-corrected chi connectivity index (χ0v) is 28.7. The van der Waals surface area contributed by atoms with Gasteiger partial charge in [0.1, 0.15) is 24.2 Å². The fourth-order valence-corrected chi connectivity index (χ4v) is 5.48. The van der Waals surface area contributed by atoms with Crippen LogP contribution in [0.15, 0.2) is 72.8 Å². The second-order valence-electron chi connectivity index (χ2n) is 11.6.